The summed E-state index contributed by atoms with van der Waals surface area (Å²) in [4.78, 5) is 0. The predicted molar refractivity (Wildman–Crippen MR) is 89.1 cm³/mol. The fourth-order valence-electron chi connectivity index (χ4n) is 6.68. The van der Waals surface area contributed by atoms with Crippen LogP contribution in [-0.2, 0) is 0 Å². The number of hydrogen-bond donors (Lipinski definition) is 0. The molecule has 2 saturated carbocycles. The van der Waals surface area contributed by atoms with Crippen molar-refractivity contribution in [3.8, 4) is 0 Å². The van der Waals surface area contributed by atoms with Crippen molar-refractivity contribution in [1.29, 1.82) is 0 Å². The standard InChI is InChI=1S/C19H34B/c1-5-14-15-7-6-9-19(3,4)11-13(2)18(14)17-12-20-10-8-16(15)17/h13-18H,5-12H2,1-4H3. The summed E-state index contributed by atoms with van der Waals surface area (Å²) in [5.74, 6) is 6.21. The Hall–Kier alpha value is 0.0649. The molecule has 0 N–H and O–H groups in total. The van der Waals surface area contributed by atoms with Crippen molar-refractivity contribution in [1.82, 2.24) is 0 Å². The van der Waals surface area contributed by atoms with Crippen LogP contribution >= 0.6 is 0 Å². The molecule has 6 unspecified atom stereocenters. The first-order chi connectivity index (χ1) is 9.53. The molecule has 2 aliphatic carbocycles. The van der Waals surface area contributed by atoms with Crippen molar-refractivity contribution >= 4 is 7.28 Å². The Balaban J connectivity index is 1.90. The van der Waals surface area contributed by atoms with Crippen LogP contribution in [0.4, 0.5) is 0 Å². The van der Waals surface area contributed by atoms with Crippen molar-refractivity contribution in [3.63, 3.8) is 0 Å². The molecule has 0 nitrogen and oxygen atoms in total. The van der Waals surface area contributed by atoms with Gasteiger partial charge < -0.3 is 0 Å². The highest BCUT2D eigenvalue weighted by molar-refractivity contribution is 6.35. The fourth-order valence-corrected chi connectivity index (χ4v) is 6.68. The lowest BCUT2D eigenvalue weighted by Gasteiger charge is -2.38. The molecule has 3 aliphatic rings. The summed E-state index contributed by atoms with van der Waals surface area (Å²) in [5.41, 5.74) is 0.579. The van der Waals surface area contributed by atoms with Gasteiger partial charge in [0.2, 0.25) is 0 Å². The van der Waals surface area contributed by atoms with E-state index >= 15 is 0 Å². The molecule has 3 rings (SSSR count). The van der Waals surface area contributed by atoms with E-state index in [0.29, 0.717) is 5.41 Å². The third-order valence-electron chi connectivity index (χ3n) is 7.18. The molecule has 0 aromatic rings. The normalized spacial score (nSPS) is 47.6. The van der Waals surface area contributed by atoms with Crippen LogP contribution in [0.25, 0.3) is 0 Å². The van der Waals surface area contributed by atoms with Crippen LogP contribution in [0.2, 0.25) is 12.6 Å². The highest BCUT2D eigenvalue weighted by Gasteiger charge is 2.51. The Labute approximate surface area is 127 Å². The minimum absolute atomic E-state index is 0.579. The molecule has 0 aromatic heterocycles. The molecule has 1 heteroatoms. The second kappa shape index (κ2) is 5.69. The van der Waals surface area contributed by atoms with E-state index in [2.05, 4.69) is 35.0 Å². The first kappa shape index (κ1) is 15.0. The molecule has 2 bridgehead atoms. The maximum absolute atomic E-state index is 2.62. The van der Waals surface area contributed by atoms with Gasteiger partial charge in [-0.3, -0.25) is 0 Å². The second-order valence-corrected chi connectivity index (χ2v) is 8.98. The van der Waals surface area contributed by atoms with Gasteiger partial charge in [0.1, 0.15) is 7.28 Å². The van der Waals surface area contributed by atoms with Gasteiger partial charge in [0.05, 0.1) is 0 Å². The van der Waals surface area contributed by atoms with E-state index in [1.165, 1.54) is 51.2 Å². The molecule has 0 spiro atoms. The average molecular weight is 273 g/mol. The summed E-state index contributed by atoms with van der Waals surface area (Å²) in [5, 5.41) is 0. The van der Waals surface area contributed by atoms with Gasteiger partial charge in [-0.25, -0.2) is 0 Å². The van der Waals surface area contributed by atoms with E-state index in [-0.39, 0.29) is 0 Å². The van der Waals surface area contributed by atoms with E-state index in [1.807, 2.05) is 0 Å². The molecule has 113 valence electrons. The summed E-state index contributed by atoms with van der Waals surface area (Å²) in [6.45, 7) is 10.1. The highest BCUT2D eigenvalue weighted by Crippen LogP contribution is 2.59. The summed E-state index contributed by atoms with van der Waals surface area (Å²) in [6, 6.07) is 0. The fraction of sp³-hybridized carbons (Fsp3) is 1.00. The van der Waals surface area contributed by atoms with Crippen LogP contribution in [0.3, 0.4) is 0 Å². The zero-order valence-electron chi connectivity index (χ0n) is 14.2. The van der Waals surface area contributed by atoms with Crippen molar-refractivity contribution in [2.75, 3.05) is 0 Å². The van der Waals surface area contributed by atoms with Gasteiger partial charge >= 0.3 is 0 Å². The van der Waals surface area contributed by atoms with Gasteiger partial charge in [-0.1, -0.05) is 59.6 Å². The predicted octanol–water partition coefficient (Wildman–Crippen LogP) is 5.67. The molecule has 1 saturated heterocycles. The zero-order valence-corrected chi connectivity index (χ0v) is 14.2. The van der Waals surface area contributed by atoms with E-state index in [1.54, 1.807) is 0 Å². The lowest BCUT2D eigenvalue weighted by Crippen LogP contribution is -2.30. The molecule has 3 fully saturated rings. The summed E-state index contributed by atoms with van der Waals surface area (Å²) < 4.78 is 0. The van der Waals surface area contributed by atoms with Gasteiger partial charge in [-0.05, 0) is 60.2 Å². The summed E-state index contributed by atoms with van der Waals surface area (Å²) in [7, 11) is 2.62. The molecule has 0 amide bonds. The van der Waals surface area contributed by atoms with Crippen LogP contribution in [0, 0.1) is 40.9 Å². The molecular weight excluding hydrogens is 239 g/mol. The average Bonchev–Trinajstić information content (AvgIpc) is 2.73. The summed E-state index contributed by atoms with van der Waals surface area (Å²) >= 11 is 0. The van der Waals surface area contributed by atoms with Gasteiger partial charge in [0, 0.05) is 0 Å². The number of hydrogen-bond acceptors (Lipinski definition) is 0. The van der Waals surface area contributed by atoms with Gasteiger partial charge in [-0.15, -0.1) is 0 Å². The Kier molecular flexibility index (Phi) is 4.26. The SMILES string of the molecule is CCC1C2CCCC(C)(C)CC(C)C1C1C[B]CCC21. The first-order valence-corrected chi connectivity index (χ1v) is 9.35. The Morgan fingerprint density at radius 1 is 1.10 bits per heavy atom. The minimum atomic E-state index is 0.579. The quantitative estimate of drug-likeness (QED) is 0.540. The van der Waals surface area contributed by atoms with Gasteiger partial charge in [0.15, 0.2) is 0 Å². The number of fused-ring (bicyclic) bond motifs is 5. The van der Waals surface area contributed by atoms with Gasteiger partial charge in [0.25, 0.3) is 0 Å². The molecule has 0 aromatic carbocycles. The third kappa shape index (κ3) is 2.59. The monoisotopic (exact) mass is 273 g/mol. The van der Waals surface area contributed by atoms with Crippen molar-refractivity contribution in [3.05, 3.63) is 0 Å². The number of rotatable bonds is 1. The van der Waals surface area contributed by atoms with Gasteiger partial charge in [-0.2, -0.15) is 0 Å². The maximum Gasteiger partial charge on any atom is 0.109 e. The highest BCUT2D eigenvalue weighted by atomic mass is 14.6. The first-order valence-electron chi connectivity index (χ1n) is 9.35. The maximum atomic E-state index is 2.62. The smallest absolute Gasteiger partial charge is 0.0800 e. The molecule has 1 heterocycles. The van der Waals surface area contributed by atoms with Crippen molar-refractivity contribution in [2.45, 2.75) is 78.9 Å². The van der Waals surface area contributed by atoms with Crippen molar-refractivity contribution < 1.29 is 0 Å². The molecule has 1 radical (unpaired) electrons. The Morgan fingerprint density at radius 2 is 1.90 bits per heavy atom. The molecule has 20 heavy (non-hydrogen) atoms. The second-order valence-electron chi connectivity index (χ2n) is 8.98. The van der Waals surface area contributed by atoms with Crippen LogP contribution in [0.1, 0.15) is 66.2 Å². The van der Waals surface area contributed by atoms with E-state index in [4.69, 9.17) is 0 Å². The van der Waals surface area contributed by atoms with Crippen LogP contribution in [-0.4, -0.2) is 7.28 Å². The Morgan fingerprint density at radius 3 is 2.65 bits per heavy atom. The zero-order chi connectivity index (χ0) is 14.3. The Bertz CT molecular complexity index is 335. The van der Waals surface area contributed by atoms with Crippen LogP contribution in [0.5, 0.6) is 0 Å². The van der Waals surface area contributed by atoms with Crippen LogP contribution < -0.4 is 0 Å². The van der Waals surface area contributed by atoms with Crippen LogP contribution in [0.15, 0.2) is 0 Å². The largest absolute Gasteiger partial charge is 0.109 e. The third-order valence-corrected chi connectivity index (χ3v) is 7.18. The molecule has 1 aliphatic heterocycles. The van der Waals surface area contributed by atoms with E-state index in [9.17, 15) is 0 Å². The van der Waals surface area contributed by atoms with E-state index < -0.39 is 0 Å². The topological polar surface area (TPSA) is 0 Å². The van der Waals surface area contributed by atoms with E-state index in [0.717, 1.165) is 35.5 Å². The lowest BCUT2D eigenvalue weighted by molar-refractivity contribution is 0.146. The lowest BCUT2D eigenvalue weighted by atomic mass is 9.54. The molecule has 6 atom stereocenters. The molecular formula is C19H34B. The van der Waals surface area contributed by atoms with Crippen molar-refractivity contribution in [2.24, 2.45) is 40.9 Å². The minimum Gasteiger partial charge on any atom is -0.0800 e. The summed E-state index contributed by atoms with van der Waals surface area (Å²) in [6.07, 6.45) is 11.7.